The SMILES string of the molecule is O=C(O)CCc1cccc(O[C@H]2O[C@@H](CO)[C@H](O)[C@@H](O)[C@@H]2O)c1O. The first-order valence-corrected chi connectivity index (χ1v) is 7.35. The quantitative estimate of drug-likeness (QED) is 0.365. The highest BCUT2D eigenvalue weighted by atomic mass is 16.7. The van der Waals surface area contributed by atoms with Gasteiger partial charge >= 0.3 is 5.97 Å². The summed E-state index contributed by atoms with van der Waals surface area (Å²) in [6, 6.07) is 4.43. The van der Waals surface area contributed by atoms with Crippen molar-refractivity contribution in [2.45, 2.75) is 43.5 Å². The number of carboxylic acid groups (broad SMARTS) is 1. The summed E-state index contributed by atoms with van der Waals surface area (Å²) in [5.74, 6) is -1.41. The van der Waals surface area contributed by atoms with Crippen molar-refractivity contribution in [2.75, 3.05) is 6.61 Å². The minimum absolute atomic E-state index is 0.0764. The number of aliphatic hydroxyl groups excluding tert-OH is 4. The second-order valence-corrected chi connectivity index (χ2v) is 5.47. The molecule has 0 unspecified atom stereocenters. The van der Waals surface area contributed by atoms with Gasteiger partial charge in [0.15, 0.2) is 11.5 Å². The lowest BCUT2D eigenvalue weighted by Crippen LogP contribution is -2.60. The highest BCUT2D eigenvalue weighted by Gasteiger charge is 2.44. The van der Waals surface area contributed by atoms with Gasteiger partial charge in [-0.15, -0.1) is 0 Å². The Hall–Kier alpha value is -1.91. The molecule has 0 bridgehead atoms. The molecule has 0 amide bonds. The van der Waals surface area contributed by atoms with Gasteiger partial charge in [-0.1, -0.05) is 12.1 Å². The largest absolute Gasteiger partial charge is 0.504 e. The van der Waals surface area contributed by atoms with E-state index in [0.29, 0.717) is 5.56 Å². The van der Waals surface area contributed by atoms with Crippen LogP contribution in [0.25, 0.3) is 0 Å². The standard InChI is InChI=1S/C15H20O9/c16-6-9-12(20)13(21)14(22)15(24-9)23-8-3-1-2-7(11(8)19)4-5-10(17)18/h1-3,9,12-16,19-22H,4-6H2,(H,17,18)/t9-,12-,13+,14-,15-/m0/s1. The maximum atomic E-state index is 10.6. The van der Waals surface area contributed by atoms with Gasteiger partial charge in [-0.2, -0.15) is 0 Å². The second kappa shape index (κ2) is 7.77. The second-order valence-electron chi connectivity index (χ2n) is 5.47. The molecule has 0 aromatic heterocycles. The number of carbonyl (C=O) groups is 1. The first-order chi connectivity index (χ1) is 11.3. The maximum Gasteiger partial charge on any atom is 0.303 e. The highest BCUT2D eigenvalue weighted by molar-refractivity contribution is 5.67. The Bertz CT molecular complexity index is 574. The van der Waals surface area contributed by atoms with Crippen LogP contribution in [0.3, 0.4) is 0 Å². The van der Waals surface area contributed by atoms with Crippen molar-refractivity contribution in [3.8, 4) is 11.5 Å². The minimum atomic E-state index is -1.61. The van der Waals surface area contributed by atoms with Gasteiger partial charge in [-0.05, 0) is 18.1 Å². The lowest BCUT2D eigenvalue weighted by atomic mass is 9.99. The Kier molecular flexibility index (Phi) is 5.97. The number of benzene rings is 1. The zero-order valence-corrected chi connectivity index (χ0v) is 12.6. The van der Waals surface area contributed by atoms with E-state index >= 15 is 0 Å². The van der Waals surface area contributed by atoms with Crippen molar-refractivity contribution in [3.05, 3.63) is 23.8 Å². The van der Waals surface area contributed by atoms with Crippen LogP contribution in [0, 0.1) is 0 Å². The van der Waals surface area contributed by atoms with Gasteiger partial charge in [-0.3, -0.25) is 4.79 Å². The lowest BCUT2D eigenvalue weighted by molar-refractivity contribution is -0.277. The van der Waals surface area contributed by atoms with Crippen molar-refractivity contribution in [2.24, 2.45) is 0 Å². The van der Waals surface area contributed by atoms with Gasteiger partial charge in [0.1, 0.15) is 24.4 Å². The van der Waals surface area contributed by atoms with E-state index in [1.807, 2.05) is 0 Å². The van der Waals surface area contributed by atoms with Gasteiger partial charge in [0.05, 0.1) is 6.61 Å². The summed E-state index contributed by atoms with van der Waals surface area (Å²) in [6.07, 6.45) is -7.39. The molecule has 9 nitrogen and oxygen atoms in total. The Labute approximate surface area is 137 Å². The fraction of sp³-hybridized carbons (Fsp3) is 0.533. The van der Waals surface area contributed by atoms with Crippen LogP contribution < -0.4 is 4.74 Å². The van der Waals surface area contributed by atoms with Crippen LogP contribution in [0.15, 0.2) is 18.2 Å². The zero-order chi connectivity index (χ0) is 17.9. The summed E-state index contributed by atoms with van der Waals surface area (Å²) in [6.45, 7) is -0.602. The van der Waals surface area contributed by atoms with E-state index in [1.165, 1.54) is 18.2 Å². The third-order valence-corrected chi connectivity index (χ3v) is 3.78. The van der Waals surface area contributed by atoms with Crippen molar-refractivity contribution >= 4 is 5.97 Å². The predicted molar refractivity (Wildman–Crippen MR) is 78.5 cm³/mol. The van der Waals surface area contributed by atoms with E-state index < -0.39 is 43.3 Å². The Morgan fingerprint density at radius 3 is 2.50 bits per heavy atom. The van der Waals surface area contributed by atoms with Crippen LogP contribution in [0.5, 0.6) is 11.5 Å². The van der Waals surface area contributed by atoms with Gasteiger partial charge in [0.2, 0.25) is 6.29 Å². The van der Waals surface area contributed by atoms with E-state index in [0.717, 1.165) is 0 Å². The van der Waals surface area contributed by atoms with Crippen molar-refractivity contribution in [1.29, 1.82) is 0 Å². The van der Waals surface area contributed by atoms with E-state index in [-0.39, 0.29) is 24.3 Å². The molecule has 9 heteroatoms. The van der Waals surface area contributed by atoms with E-state index in [2.05, 4.69) is 0 Å². The molecule has 2 rings (SSSR count). The summed E-state index contributed by atoms with van der Waals surface area (Å²) in [4.78, 5) is 10.6. The molecule has 1 aromatic carbocycles. The number of ether oxygens (including phenoxy) is 2. The summed E-state index contributed by atoms with van der Waals surface area (Å²) in [5, 5.41) is 57.3. The number of phenols is 1. The van der Waals surface area contributed by atoms with E-state index in [4.69, 9.17) is 19.7 Å². The molecule has 1 aliphatic rings. The van der Waals surface area contributed by atoms with Gasteiger partial charge in [0.25, 0.3) is 0 Å². The minimum Gasteiger partial charge on any atom is -0.504 e. The monoisotopic (exact) mass is 344 g/mol. The van der Waals surface area contributed by atoms with E-state index in [1.54, 1.807) is 0 Å². The molecule has 0 aliphatic carbocycles. The molecule has 1 aromatic rings. The molecule has 1 aliphatic heterocycles. The number of aromatic hydroxyl groups is 1. The molecule has 0 spiro atoms. The Balaban J connectivity index is 2.15. The van der Waals surface area contributed by atoms with Gasteiger partial charge in [0, 0.05) is 6.42 Å². The van der Waals surface area contributed by atoms with Crippen LogP contribution in [0.2, 0.25) is 0 Å². The summed E-state index contributed by atoms with van der Waals surface area (Å²) < 4.78 is 10.5. The molecule has 1 fully saturated rings. The van der Waals surface area contributed by atoms with Crippen LogP contribution in [-0.2, 0) is 16.0 Å². The number of aliphatic hydroxyl groups is 4. The van der Waals surface area contributed by atoms with Crippen LogP contribution in [0.1, 0.15) is 12.0 Å². The number of phenolic OH excluding ortho intramolecular Hbond substituents is 1. The number of para-hydroxylation sites is 1. The molecular weight excluding hydrogens is 324 g/mol. The summed E-state index contributed by atoms with van der Waals surface area (Å²) in [5.41, 5.74) is 0.333. The lowest BCUT2D eigenvalue weighted by Gasteiger charge is -2.39. The molecule has 24 heavy (non-hydrogen) atoms. The molecule has 1 heterocycles. The molecule has 0 saturated carbocycles. The number of aliphatic carboxylic acids is 1. The van der Waals surface area contributed by atoms with Crippen LogP contribution in [0.4, 0.5) is 0 Å². The summed E-state index contributed by atoms with van der Waals surface area (Å²) in [7, 11) is 0. The molecule has 134 valence electrons. The number of carboxylic acids is 1. The van der Waals surface area contributed by atoms with Crippen LogP contribution >= 0.6 is 0 Å². The topological polar surface area (TPSA) is 157 Å². The third kappa shape index (κ3) is 3.94. The number of rotatable bonds is 6. The third-order valence-electron chi connectivity index (χ3n) is 3.78. The molecule has 1 saturated heterocycles. The number of hydrogen-bond acceptors (Lipinski definition) is 8. The predicted octanol–water partition coefficient (Wildman–Crippen LogP) is -1.41. The normalized spacial score (nSPS) is 30.1. The van der Waals surface area contributed by atoms with Crippen molar-refractivity contribution in [3.63, 3.8) is 0 Å². The average molecular weight is 344 g/mol. The maximum absolute atomic E-state index is 10.6. The van der Waals surface area contributed by atoms with Crippen molar-refractivity contribution in [1.82, 2.24) is 0 Å². The molecular formula is C15H20O9. The average Bonchev–Trinajstić information content (AvgIpc) is 2.55. The fourth-order valence-electron chi connectivity index (χ4n) is 2.40. The number of aryl methyl sites for hydroxylation is 1. The van der Waals surface area contributed by atoms with Crippen molar-refractivity contribution < 1.29 is 44.9 Å². The first kappa shape index (κ1) is 18.4. The smallest absolute Gasteiger partial charge is 0.303 e. The van der Waals surface area contributed by atoms with Crippen LogP contribution in [-0.4, -0.2) is 73.9 Å². The van der Waals surface area contributed by atoms with Gasteiger partial charge in [-0.25, -0.2) is 0 Å². The molecule has 6 N–H and O–H groups in total. The summed E-state index contributed by atoms with van der Waals surface area (Å²) >= 11 is 0. The molecule has 5 atom stereocenters. The first-order valence-electron chi connectivity index (χ1n) is 7.35. The highest BCUT2D eigenvalue weighted by Crippen LogP contribution is 2.33. The Morgan fingerprint density at radius 1 is 1.17 bits per heavy atom. The fourth-order valence-corrected chi connectivity index (χ4v) is 2.40. The van der Waals surface area contributed by atoms with Gasteiger partial charge < -0.3 is 40.1 Å². The Morgan fingerprint density at radius 2 is 1.88 bits per heavy atom. The van der Waals surface area contributed by atoms with E-state index in [9.17, 15) is 25.2 Å². The molecule has 0 radical (unpaired) electrons. The number of hydrogen-bond donors (Lipinski definition) is 6. The zero-order valence-electron chi connectivity index (χ0n) is 12.6.